The molecule has 6 heteroatoms. The standard InChI is InChI=1S/C34H22N6/c35-27-20-19-26-29(30(27)36)25-13-7-8-14-28(25)37-31(26)21-15-17-24(18-16-21)34-39-32(22-9-3-1-4-10-22)38-33(40-34)23-11-5-2-6-12-23/h1-20,35-36H. The van der Waals surface area contributed by atoms with E-state index in [1.165, 1.54) is 0 Å². The largest absolute Gasteiger partial charge is 0.299 e. The maximum Gasteiger partial charge on any atom is 0.164 e. The summed E-state index contributed by atoms with van der Waals surface area (Å²) in [5.41, 5.74) is 7.20. The zero-order valence-electron chi connectivity index (χ0n) is 21.3. The second-order valence-electron chi connectivity index (χ2n) is 9.50. The molecule has 0 aliphatic heterocycles. The molecule has 4 aromatic carbocycles. The van der Waals surface area contributed by atoms with Crippen molar-refractivity contribution in [3.63, 3.8) is 0 Å². The molecule has 2 N–H and O–H groups in total. The van der Waals surface area contributed by atoms with Gasteiger partial charge in [0.15, 0.2) is 17.5 Å². The van der Waals surface area contributed by atoms with Crippen molar-refractivity contribution < 1.29 is 0 Å². The molecule has 0 atom stereocenters. The molecule has 1 aliphatic carbocycles. The molecule has 2 heterocycles. The summed E-state index contributed by atoms with van der Waals surface area (Å²) in [5, 5.41) is 17.7. The molecule has 0 unspecified atom stereocenters. The lowest BCUT2D eigenvalue weighted by Crippen LogP contribution is -2.17. The lowest BCUT2D eigenvalue weighted by atomic mass is 9.88. The van der Waals surface area contributed by atoms with Gasteiger partial charge < -0.3 is 0 Å². The summed E-state index contributed by atoms with van der Waals surface area (Å²) in [5.74, 6) is 1.82. The Bertz CT molecular complexity index is 1900. The Hall–Kier alpha value is -5.62. The van der Waals surface area contributed by atoms with E-state index >= 15 is 0 Å². The highest BCUT2D eigenvalue weighted by Crippen LogP contribution is 2.34. The van der Waals surface area contributed by atoms with Crippen molar-refractivity contribution in [2.75, 3.05) is 0 Å². The van der Waals surface area contributed by atoms with E-state index in [1.54, 1.807) is 6.08 Å². The van der Waals surface area contributed by atoms with Crippen molar-refractivity contribution in [1.82, 2.24) is 19.9 Å². The molecule has 2 aromatic heterocycles. The summed E-state index contributed by atoms with van der Waals surface area (Å²) in [7, 11) is 0. The number of pyridine rings is 1. The maximum absolute atomic E-state index is 8.62. The van der Waals surface area contributed by atoms with Gasteiger partial charge in [0, 0.05) is 38.8 Å². The fraction of sp³-hybridized carbons (Fsp3) is 0. The van der Waals surface area contributed by atoms with Gasteiger partial charge in [0.1, 0.15) is 0 Å². The van der Waals surface area contributed by atoms with Crippen LogP contribution in [0.4, 0.5) is 0 Å². The molecule has 0 radical (unpaired) electrons. The van der Waals surface area contributed by atoms with E-state index in [4.69, 9.17) is 30.8 Å². The summed E-state index contributed by atoms with van der Waals surface area (Å²) < 4.78 is 0. The first-order valence-corrected chi connectivity index (χ1v) is 12.9. The molecule has 0 spiro atoms. The zero-order chi connectivity index (χ0) is 27.1. The van der Waals surface area contributed by atoms with Crippen LogP contribution in [0.2, 0.25) is 0 Å². The number of para-hydroxylation sites is 1. The Kier molecular flexibility index (Phi) is 5.64. The molecular weight excluding hydrogens is 492 g/mol. The number of fused-ring (bicyclic) bond motifs is 3. The minimum absolute atomic E-state index is 0.198. The van der Waals surface area contributed by atoms with Crippen LogP contribution in [-0.2, 0) is 0 Å². The van der Waals surface area contributed by atoms with Gasteiger partial charge in [-0.25, -0.2) is 19.9 Å². The molecule has 6 aromatic rings. The maximum atomic E-state index is 8.62. The zero-order valence-corrected chi connectivity index (χ0v) is 21.3. The van der Waals surface area contributed by atoms with Gasteiger partial charge >= 0.3 is 0 Å². The average Bonchev–Trinajstić information content (AvgIpc) is 3.03. The molecular formula is C34H22N6. The summed E-state index contributed by atoms with van der Waals surface area (Å²) >= 11 is 0. The monoisotopic (exact) mass is 514 g/mol. The lowest BCUT2D eigenvalue weighted by molar-refractivity contribution is 1.07. The third kappa shape index (κ3) is 4.08. The van der Waals surface area contributed by atoms with Gasteiger partial charge in [0.2, 0.25) is 0 Å². The van der Waals surface area contributed by atoms with E-state index < -0.39 is 0 Å². The molecule has 0 saturated heterocycles. The second kappa shape index (κ2) is 9.60. The van der Waals surface area contributed by atoms with Crippen molar-refractivity contribution in [2.45, 2.75) is 0 Å². The van der Waals surface area contributed by atoms with Gasteiger partial charge in [-0.05, 0) is 18.2 Å². The Labute approximate surface area is 230 Å². The Morgan fingerprint density at radius 2 is 0.950 bits per heavy atom. The van der Waals surface area contributed by atoms with Gasteiger partial charge in [0.05, 0.1) is 22.6 Å². The predicted octanol–water partition coefficient (Wildman–Crippen LogP) is 7.50. The summed E-state index contributed by atoms with van der Waals surface area (Å²) in [4.78, 5) is 19.4. The first-order valence-electron chi connectivity index (χ1n) is 12.9. The van der Waals surface area contributed by atoms with Gasteiger partial charge in [-0.1, -0.05) is 103 Å². The number of aromatic nitrogens is 4. The summed E-state index contributed by atoms with van der Waals surface area (Å²) in [6, 6.07) is 35.6. The fourth-order valence-electron chi connectivity index (χ4n) is 4.98. The molecule has 7 rings (SSSR count). The molecule has 40 heavy (non-hydrogen) atoms. The number of nitrogens with one attached hydrogen (secondary N) is 2. The molecule has 0 fully saturated rings. The van der Waals surface area contributed by atoms with E-state index in [0.717, 1.165) is 50.0 Å². The van der Waals surface area contributed by atoms with Crippen LogP contribution in [0.3, 0.4) is 0 Å². The molecule has 0 amide bonds. The molecule has 1 aliphatic rings. The van der Waals surface area contributed by atoms with Crippen LogP contribution < -0.4 is 0 Å². The highest BCUT2D eigenvalue weighted by atomic mass is 15.0. The minimum Gasteiger partial charge on any atom is -0.299 e. The van der Waals surface area contributed by atoms with Crippen LogP contribution in [0.1, 0.15) is 11.1 Å². The number of rotatable bonds is 4. The normalized spacial score (nSPS) is 12.5. The van der Waals surface area contributed by atoms with Crippen molar-refractivity contribution in [1.29, 1.82) is 10.8 Å². The molecule has 0 saturated carbocycles. The quantitative estimate of drug-likeness (QED) is 0.254. The van der Waals surface area contributed by atoms with Crippen molar-refractivity contribution in [3.8, 4) is 45.4 Å². The lowest BCUT2D eigenvalue weighted by Gasteiger charge is -2.19. The van der Waals surface area contributed by atoms with Crippen LogP contribution in [0, 0.1) is 10.8 Å². The Balaban J connectivity index is 1.35. The summed E-state index contributed by atoms with van der Waals surface area (Å²) in [6.45, 7) is 0. The smallest absolute Gasteiger partial charge is 0.164 e. The third-order valence-corrected chi connectivity index (χ3v) is 6.98. The Morgan fingerprint density at radius 3 is 1.55 bits per heavy atom. The van der Waals surface area contributed by atoms with Crippen molar-refractivity contribution in [3.05, 3.63) is 126 Å². The van der Waals surface area contributed by atoms with E-state index in [9.17, 15) is 0 Å². The second-order valence-corrected chi connectivity index (χ2v) is 9.50. The highest BCUT2D eigenvalue weighted by Gasteiger charge is 2.22. The predicted molar refractivity (Wildman–Crippen MR) is 160 cm³/mol. The Morgan fingerprint density at radius 1 is 0.450 bits per heavy atom. The number of nitrogens with zero attached hydrogens (tertiary/aromatic N) is 4. The van der Waals surface area contributed by atoms with Crippen LogP contribution in [0.5, 0.6) is 0 Å². The van der Waals surface area contributed by atoms with Crippen LogP contribution >= 0.6 is 0 Å². The molecule has 188 valence electrons. The van der Waals surface area contributed by atoms with Crippen LogP contribution in [-0.4, -0.2) is 31.4 Å². The third-order valence-electron chi connectivity index (χ3n) is 6.98. The topological polar surface area (TPSA) is 99.3 Å². The van der Waals surface area contributed by atoms with E-state index in [0.29, 0.717) is 17.5 Å². The molecule has 0 bridgehead atoms. The molecule has 6 nitrogen and oxygen atoms in total. The summed E-state index contributed by atoms with van der Waals surface area (Å²) in [6.07, 6.45) is 3.56. The van der Waals surface area contributed by atoms with Crippen LogP contribution in [0.25, 0.3) is 62.4 Å². The number of hydrogen-bond donors (Lipinski definition) is 2. The van der Waals surface area contributed by atoms with Gasteiger partial charge in [-0.15, -0.1) is 0 Å². The highest BCUT2D eigenvalue weighted by molar-refractivity contribution is 6.54. The van der Waals surface area contributed by atoms with Crippen LogP contribution in [0.15, 0.2) is 115 Å². The average molecular weight is 515 g/mol. The van der Waals surface area contributed by atoms with E-state index in [1.807, 2.05) is 115 Å². The SMILES string of the molecule is N=C1C=Cc2c(-c3ccc(-c4nc(-c5ccccc5)nc(-c5ccccc5)n4)cc3)nc3ccccc3c2C1=N. The number of hydrogen-bond acceptors (Lipinski definition) is 6. The van der Waals surface area contributed by atoms with E-state index in [2.05, 4.69) is 0 Å². The van der Waals surface area contributed by atoms with Crippen molar-refractivity contribution in [2.24, 2.45) is 0 Å². The van der Waals surface area contributed by atoms with Gasteiger partial charge in [0.25, 0.3) is 0 Å². The first-order chi connectivity index (χ1) is 19.7. The fourth-order valence-corrected chi connectivity index (χ4v) is 4.98. The van der Waals surface area contributed by atoms with E-state index in [-0.39, 0.29) is 11.4 Å². The number of allylic oxidation sites excluding steroid dienone is 1. The minimum atomic E-state index is 0.198. The van der Waals surface area contributed by atoms with Crippen molar-refractivity contribution >= 4 is 28.4 Å². The first kappa shape index (κ1) is 23.5. The van der Waals surface area contributed by atoms with Gasteiger partial charge in [-0.2, -0.15) is 0 Å². The van der Waals surface area contributed by atoms with Gasteiger partial charge in [-0.3, -0.25) is 10.8 Å². The number of benzene rings is 4.